The molecule has 2 heterocycles. The number of anilines is 6. The summed E-state index contributed by atoms with van der Waals surface area (Å²) < 4.78 is 5.01. The van der Waals surface area contributed by atoms with Gasteiger partial charge < -0.3 is 14.4 Å². The zero-order chi connectivity index (χ0) is 46.4. The van der Waals surface area contributed by atoms with E-state index in [0.717, 1.165) is 45.4 Å². The van der Waals surface area contributed by atoms with E-state index < -0.39 is 0 Å². The van der Waals surface area contributed by atoms with Gasteiger partial charge in [-0.25, -0.2) is 0 Å². The first kappa shape index (κ1) is 41.2. The predicted molar refractivity (Wildman–Crippen MR) is 299 cm³/mol. The molecule has 0 bridgehead atoms. The molecular weight excluding hydrogens is 867 g/mol. The summed E-state index contributed by atoms with van der Waals surface area (Å²) in [5, 5.41) is 4.97. The summed E-state index contributed by atoms with van der Waals surface area (Å²) in [5.74, 6) is 0. The topological polar surface area (TPSA) is 11.4 Å². The van der Waals surface area contributed by atoms with Crippen molar-refractivity contribution in [3.8, 4) is 39.1 Å². The fourth-order valence-corrected chi connectivity index (χ4v) is 11.6. The summed E-state index contributed by atoms with van der Waals surface area (Å²) in [6, 6.07) is 99.1. The van der Waals surface area contributed by atoms with Crippen molar-refractivity contribution in [2.75, 3.05) is 9.80 Å². The molecule has 0 spiro atoms. The number of hydrogen-bond donors (Lipinski definition) is 0. The molecule has 0 aliphatic heterocycles. The second-order valence-electron chi connectivity index (χ2n) is 17.7. The number of thiophene rings is 1. The van der Waals surface area contributed by atoms with Crippen LogP contribution in [0.25, 0.3) is 81.0 Å². The van der Waals surface area contributed by atoms with Crippen molar-refractivity contribution in [3.05, 3.63) is 273 Å². The molecule has 0 unspecified atom stereocenters. The van der Waals surface area contributed by atoms with E-state index in [9.17, 15) is 0 Å². The first-order valence-electron chi connectivity index (χ1n) is 23.8. The molecule has 0 aliphatic carbocycles. The average Bonchev–Trinajstić information content (AvgIpc) is 3.99. The molecule has 11 aromatic carbocycles. The van der Waals surface area contributed by atoms with Crippen molar-refractivity contribution in [1.82, 2.24) is 4.57 Å². The number of fused-ring (bicyclic) bond motifs is 7. The summed E-state index contributed by atoms with van der Waals surface area (Å²) >= 11 is 1.89. The van der Waals surface area contributed by atoms with E-state index in [1.807, 2.05) is 11.3 Å². The number of nitrogens with zero attached hydrogens (tertiary/aromatic N) is 3. The Morgan fingerprint density at radius 2 is 0.729 bits per heavy atom. The van der Waals surface area contributed by atoms with Crippen LogP contribution in [-0.4, -0.2) is 4.57 Å². The molecule has 0 radical (unpaired) electrons. The van der Waals surface area contributed by atoms with E-state index >= 15 is 0 Å². The fraction of sp³-hybridized carbons (Fsp3) is 0. The summed E-state index contributed by atoms with van der Waals surface area (Å²) in [4.78, 5) is 4.82. The minimum atomic E-state index is 1.05. The summed E-state index contributed by atoms with van der Waals surface area (Å²) in [6.45, 7) is 0. The molecular formula is C66H45N3S. The van der Waals surface area contributed by atoms with Gasteiger partial charge in [-0.15, -0.1) is 11.3 Å². The Morgan fingerprint density at radius 1 is 0.300 bits per heavy atom. The number of para-hydroxylation sites is 4. The Morgan fingerprint density at radius 3 is 1.27 bits per heavy atom. The molecule has 0 saturated heterocycles. The highest BCUT2D eigenvalue weighted by atomic mass is 32.1. The molecule has 0 aliphatic rings. The monoisotopic (exact) mass is 911 g/mol. The Bertz CT molecular complexity index is 3810. The highest BCUT2D eigenvalue weighted by Gasteiger charge is 2.25. The normalized spacial score (nSPS) is 11.4. The molecule has 13 rings (SSSR count). The molecule has 0 N–H and O–H groups in total. The van der Waals surface area contributed by atoms with Crippen molar-refractivity contribution in [2.24, 2.45) is 0 Å². The van der Waals surface area contributed by atoms with Crippen LogP contribution in [0.3, 0.4) is 0 Å². The van der Waals surface area contributed by atoms with Gasteiger partial charge in [0.2, 0.25) is 0 Å². The van der Waals surface area contributed by atoms with Crippen LogP contribution in [0.15, 0.2) is 273 Å². The molecule has 4 heteroatoms. The highest BCUT2D eigenvalue weighted by molar-refractivity contribution is 7.26. The molecule has 70 heavy (non-hydrogen) atoms. The van der Waals surface area contributed by atoms with E-state index in [1.165, 1.54) is 69.8 Å². The van der Waals surface area contributed by atoms with Crippen LogP contribution in [0.4, 0.5) is 34.1 Å². The SMILES string of the molecule is c1ccc(-c2ccc(N(c3ccccc3)c3cc(-c4cc5c6ccccc6n(-c6ccccc6)c5c5sc6ccccc6c45)cc(N(c4ccccc4)c4ccc(-c5ccccc5)cc4)c3)cc2)cc1. The summed E-state index contributed by atoms with van der Waals surface area (Å²) in [7, 11) is 0. The second-order valence-corrected chi connectivity index (χ2v) is 18.8. The van der Waals surface area contributed by atoms with Gasteiger partial charge in [0.05, 0.1) is 15.7 Å². The minimum Gasteiger partial charge on any atom is -0.310 e. The van der Waals surface area contributed by atoms with Gasteiger partial charge in [-0.3, -0.25) is 0 Å². The van der Waals surface area contributed by atoms with E-state index in [2.05, 4.69) is 287 Å². The first-order valence-corrected chi connectivity index (χ1v) is 24.6. The van der Waals surface area contributed by atoms with Crippen molar-refractivity contribution in [1.29, 1.82) is 0 Å². The lowest BCUT2D eigenvalue weighted by Gasteiger charge is -2.30. The van der Waals surface area contributed by atoms with Gasteiger partial charge in [0.15, 0.2) is 0 Å². The second kappa shape index (κ2) is 17.6. The predicted octanol–water partition coefficient (Wildman–Crippen LogP) is 19.1. The van der Waals surface area contributed by atoms with Crippen LogP contribution in [0.1, 0.15) is 0 Å². The molecule has 0 saturated carbocycles. The maximum atomic E-state index is 2.48. The lowest BCUT2D eigenvalue weighted by Crippen LogP contribution is -2.13. The standard InChI is InChI=1S/C66H45N3S/c1-6-20-46(21-7-1)48-34-38-54(39-35-48)67(51-24-10-3-11-25-51)56-42-50(43-57(44-56)68(52-26-12-4-13-27-52)55-40-36-49(37-41-55)47-22-8-2-9-23-47)60-45-61-58-30-16-18-32-62(58)69(53-28-14-5-15-29-53)65(61)66-64(60)59-31-17-19-33-63(59)70-66/h1-45H. The van der Waals surface area contributed by atoms with Crippen molar-refractivity contribution in [2.45, 2.75) is 0 Å². The number of benzene rings is 11. The first-order chi connectivity index (χ1) is 34.7. The fourth-order valence-electron chi connectivity index (χ4n) is 10.3. The molecule has 3 nitrogen and oxygen atoms in total. The summed E-state index contributed by atoms with van der Waals surface area (Å²) in [5.41, 5.74) is 17.0. The van der Waals surface area contributed by atoms with Crippen molar-refractivity contribution < 1.29 is 0 Å². The van der Waals surface area contributed by atoms with Crippen LogP contribution >= 0.6 is 11.3 Å². The maximum absolute atomic E-state index is 2.48. The molecule has 0 atom stereocenters. The van der Waals surface area contributed by atoms with Crippen LogP contribution in [0, 0.1) is 0 Å². The zero-order valence-electron chi connectivity index (χ0n) is 38.2. The van der Waals surface area contributed by atoms with Crippen LogP contribution in [0.2, 0.25) is 0 Å². The van der Waals surface area contributed by atoms with Crippen molar-refractivity contribution >= 4 is 87.4 Å². The van der Waals surface area contributed by atoms with Gasteiger partial charge >= 0.3 is 0 Å². The van der Waals surface area contributed by atoms with Crippen LogP contribution < -0.4 is 9.80 Å². The average molecular weight is 912 g/mol. The number of hydrogen-bond acceptors (Lipinski definition) is 3. The Hall–Kier alpha value is -8.96. The maximum Gasteiger partial charge on any atom is 0.0720 e. The van der Waals surface area contributed by atoms with Gasteiger partial charge in [-0.05, 0) is 130 Å². The van der Waals surface area contributed by atoms with E-state index in [0.29, 0.717) is 0 Å². The van der Waals surface area contributed by atoms with Gasteiger partial charge in [0.1, 0.15) is 0 Å². The van der Waals surface area contributed by atoms with E-state index in [-0.39, 0.29) is 0 Å². The van der Waals surface area contributed by atoms with Gasteiger partial charge in [-0.2, -0.15) is 0 Å². The quantitative estimate of drug-likeness (QED) is 0.135. The smallest absolute Gasteiger partial charge is 0.0720 e. The van der Waals surface area contributed by atoms with E-state index in [4.69, 9.17) is 0 Å². The third-order valence-corrected chi connectivity index (χ3v) is 14.7. The molecule has 2 aromatic heterocycles. The van der Waals surface area contributed by atoms with Crippen molar-refractivity contribution in [3.63, 3.8) is 0 Å². The number of rotatable bonds is 10. The minimum absolute atomic E-state index is 1.05. The van der Waals surface area contributed by atoms with Gasteiger partial charge in [-0.1, -0.05) is 176 Å². The lowest BCUT2D eigenvalue weighted by molar-refractivity contribution is 1.19. The van der Waals surface area contributed by atoms with E-state index in [1.54, 1.807) is 0 Å². The molecule has 0 amide bonds. The Balaban J connectivity index is 1.11. The molecule has 330 valence electrons. The van der Waals surface area contributed by atoms with Gasteiger partial charge in [0, 0.05) is 66.1 Å². The molecule has 0 fully saturated rings. The third kappa shape index (κ3) is 7.30. The highest BCUT2D eigenvalue weighted by Crippen LogP contribution is 2.50. The van der Waals surface area contributed by atoms with Gasteiger partial charge in [0.25, 0.3) is 0 Å². The largest absolute Gasteiger partial charge is 0.310 e. The summed E-state index contributed by atoms with van der Waals surface area (Å²) in [6.07, 6.45) is 0. The number of aromatic nitrogens is 1. The Kier molecular flexibility index (Phi) is 10.4. The van der Waals surface area contributed by atoms with Crippen LogP contribution in [-0.2, 0) is 0 Å². The lowest BCUT2D eigenvalue weighted by atomic mass is 9.95. The molecule has 13 aromatic rings. The zero-order valence-corrected chi connectivity index (χ0v) is 39.0. The Labute approximate surface area is 411 Å². The van der Waals surface area contributed by atoms with Crippen LogP contribution in [0.5, 0.6) is 0 Å². The third-order valence-electron chi connectivity index (χ3n) is 13.5.